The molecule has 0 aromatic heterocycles. The van der Waals surface area contributed by atoms with Crippen molar-refractivity contribution in [2.75, 3.05) is 39.5 Å². The van der Waals surface area contributed by atoms with E-state index in [-0.39, 0.29) is 24.5 Å². The first kappa shape index (κ1) is 21.3. The van der Waals surface area contributed by atoms with Gasteiger partial charge in [-0.15, -0.1) is 0 Å². The van der Waals surface area contributed by atoms with Gasteiger partial charge < -0.3 is 14.4 Å². The summed E-state index contributed by atoms with van der Waals surface area (Å²) in [4.78, 5) is 26.9. The monoisotopic (exact) mass is 423 g/mol. The first-order chi connectivity index (χ1) is 15.2. The number of carbonyl (C=O) groups excluding carboxylic acids is 2. The van der Waals surface area contributed by atoms with Crippen LogP contribution in [0.15, 0.2) is 48.5 Å². The van der Waals surface area contributed by atoms with Gasteiger partial charge in [-0.2, -0.15) is 0 Å². The molecule has 2 aromatic carbocycles. The summed E-state index contributed by atoms with van der Waals surface area (Å²) < 4.78 is 11.1. The second-order valence-electron chi connectivity index (χ2n) is 7.79. The molecule has 0 bridgehead atoms. The molecular weight excluding hydrogens is 394 g/mol. The predicted molar refractivity (Wildman–Crippen MR) is 116 cm³/mol. The van der Waals surface area contributed by atoms with Crippen molar-refractivity contribution < 1.29 is 19.1 Å². The lowest BCUT2D eigenvalue weighted by molar-refractivity contribution is -0.133. The number of carbonyl (C=O) groups is 2. The van der Waals surface area contributed by atoms with Crippen molar-refractivity contribution in [1.82, 2.24) is 15.3 Å². The van der Waals surface area contributed by atoms with Gasteiger partial charge >= 0.3 is 0 Å². The van der Waals surface area contributed by atoms with Gasteiger partial charge in [0.05, 0.1) is 19.3 Å². The van der Waals surface area contributed by atoms with E-state index in [0.29, 0.717) is 45.0 Å². The molecule has 1 fully saturated rings. The molecule has 2 aliphatic rings. The number of morpholine rings is 1. The summed E-state index contributed by atoms with van der Waals surface area (Å²) in [5, 5.41) is 1.85. The van der Waals surface area contributed by atoms with Crippen LogP contribution in [0.3, 0.4) is 0 Å². The van der Waals surface area contributed by atoms with Gasteiger partial charge in [0.15, 0.2) is 6.61 Å². The molecule has 1 saturated heterocycles. The number of hydrazine groups is 1. The number of fused-ring (bicyclic) bond motifs is 1. The van der Waals surface area contributed by atoms with E-state index in [1.165, 1.54) is 5.56 Å². The fourth-order valence-electron chi connectivity index (χ4n) is 4.18. The Morgan fingerprint density at radius 2 is 1.87 bits per heavy atom. The summed E-state index contributed by atoms with van der Waals surface area (Å²) in [7, 11) is 0. The summed E-state index contributed by atoms with van der Waals surface area (Å²) in [6.07, 6.45) is 1.28. The Morgan fingerprint density at radius 3 is 2.61 bits per heavy atom. The molecule has 2 aromatic rings. The van der Waals surface area contributed by atoms with E-state index < -0.39 is 0 Å². The lowest BCUT2D eigenvalue weighted by Gasteiger charge is -2.38. The Labute approximate surface area is 182 Å². The van der Waals surface area contributed by atoms with Crippen LogP contribution in [0, 0.1) is 0 Å². The SMILES string of the molecule is CCC(=O)N1CCc2ccc(OCC(=O)NN3CCOCC3)cc2C1c1ccccc1. The Balaban J connectivity index is 1.51. The fourth-order valence-corrected chi connectivity index (χ4v) is 4.18. The van der Waals surface area contributed by atoms with Gasteiger partial charge in [0.25, 0.3) is 5.91 Å². The lowest BCUT2D eigenvalue weighted by atomic mass is 9.87. The molecule has 1 N–H and O–H groups in total. The lowest BCUT2D eigenvalue weighted by Crippen LogP contribution is -2.49. The van der Waals surface area contributed by atoms with E-state index in [2.05, 4.69) is 17.6 Å². The third-order valence-corrected chi connectivity index (χ3v) is 5.75. The number of nitrogens with zero attached hydrogens (tertiary/aromatic N) is 2. The van der Waals surface area contributed by atoms with Gasteiger partial charge in [-0.3, -0.25) is 15.0 Å². The molecule has 1 atom stereocenters. The van der Waals surface area contributed by atoms with Crippen molar-refractivity contribution in [3.63, 3.8) is 0 Å². The topological polar surface area (TPSA) is 71.1 Å². The molecule has 0 radical (unpaired) electrons. The van der Waals surface area contributed by atoms with Crippen molar-refractivity contribution in [3.8, 4) is 5.75 Å². The first-order valence-electron chi connectivity index (χ1n) is 10.9. The molecule has 0 spiro atoms. The third-order valence-electron chi connectivity index (χ3n) is 5.75. The molecule has 2 aliphatic heterocycles. The van der Waals surface area contributed by atoms with E-state index in [4.69, 9.17) is 9.47 Å². The average molecular weight is 424 g/mol. The molecule has 1 unspecified atom stereocenters. The second kappa shape index (κ2) is 9.94. The molecule has 31 heavy (non-hydrogen) atoms. The van der Waals surface area contributed by atoms with Crippen molar-refractivity contribution in [2.24, 2.45) is 0 Å². The zero-order chi connectivity index (χ0) is 21.6. The molecule has 4 rings (SSSR count). The van der Waals surface area contributed by atoms with Gasteiger partial charge in [-0.25, -0.2) is 5.01 Å². The molecule has 164 valence electrons. The van der Waals surface area contributed by atoms with Crippen molar-refractivity contribution in [1.29, 1.82) is 0 Å². The highest BCUT2D eigenvalue weighted by atomic mass is 16.5. The minimum absolute atomic E-state index is 0.0657. The number of ether oxygens (including phenoxy) is 2. The van der Waals surface area contributed by atoms with Crippen LogP contribution in [-0.4, -0.2) is 61.2 Å². The van der Waals surface area contributed by atoms with E-state index >= 15 is 0 Å². The third kappa shape index (κ3) is 5.06. The summed E-state index contributed by atoms with van der Waals surface area (Å²) >= 11 is 0. The molecule has 7 heteroatoms. The number of hydrogen-bond acceptors (Lipinski definition) is 5. The second-order valence-corrected chi connectivity index (χ2v) is 7.79. The molecular formula is C24H29N3O4. The molecule has 7 nitrogen and oxygen atoms in total. The Hall–Kier alpha value is -2.90. The van der Waals surface area contributed by atoms with Crippen LogP contribution < -0.4 is 10.2 Å². The van der Waals surface area contributed by atoms with Crippen LogP contribution in [0.1, 0.15) is 36.1 Å². The zero-order valence-corrected chi connectivity index (χ0v) is 17.9. The maximum Gasteiger partial charge on any atom is 0.272 e. The van der Waals surface area contributed by atoms with Crippen LogP contribution in [0.25, 0.3) is 0 Å². The zero-order valence-electron chi connectivity index (χ0n) is 17.9. The van der Waals surface area contributed by atoms with E-state index in [1.54, 1.807) is 0 Å². The molecule has 2 amide bonds. The number of amides is 2. The van der Waals surface area contributed by atoms with Crippen LogP contribution >= 0.6 is 0 Å². The van der Waals surface area contributed by atoms with E-state index in [1.807, 2.05) is 53.2 Å². The normalized spacial score (nSPS) is 18.9. The Morgan fingerprint density at radius 1 is 1.10 bits per heavy atom. The van der Waals surface area contributed by atoms with Gasteiger partial charge in [0.1, 0.15) is 5.75 Å². The van der Waals surface area contributed by atoms with Gasteiger partial charge in [0, 0.05) is 26.1 Å². The fraction of sp³-hybridized carbons (Fsp3) is 0.417. The molecule has 2 heterocycles. The van der Waals surface area contributed by atoms with Crippen LogP contribution in [0.5, 0.6) is 5.75 Å². The highest BCUT2D eigenvalue weighted by molar-refractivity contribution is 5.78. The van der Waals surface area contributed by atoms with Crippen LogP contribution in [-0.2, 0) is 20.7 Å². The maximum atomic E-state index is 12.7. The standard InChI is InChI=1S/C24H29N3O4/c1-2-23(29)27-11-10-18-8-9-20(16-21(18)24(27)19-6-4-3-5-7-19)31-17-22(28)25-26-12-14-30-15-13-26/h3-9,16,24H,2,10-15,17H2,1H3,(H,25,28). The van der Waals surface area contributed by atoms with Gasteiger partial charge in [0.2, 0.25) is 5.91 Å². The van der Waals surface area contributed by atoms with Crippen LogP contribution in [0.4, 0.5) is 0 Å². The summed E-state index contributed by atoms with van der Waals surface area (Å²) in [6, 6.07) is 15.9. The smallest absolute Gasteiger partial charge is 0.272 e. The minimum atomic E-state index is -0.193. The predicted octanol–water partition coefficient (Wildman–Crippen LogP) is 2.31. The maximum absolute atomic E-state index is 12.7. The molecule has 0 saturated carbocycles. The number of benzene rings is 2. The van der Waals surface area contributed by atoms with Crippen molar-refractivity contribution >= 4 is 11.8 Å². The largest absolute Gasteiger partial charge is 0.484 e. The first-order valence-corrected chi connectivity index (χ1v) is 10.9. The Kier molecular flexibility index (Phi) is 6.84. The van der Waals surface area contributed by atoms with Gasteiger partial charge in [-0.1, -0.05) is 43.3 Å². The highest BCUT2D eigenvalue weighted by Gasteiger charge is 2.31. The number of hydrogen-bond donors (Lipinski definition) is 1. The Bertz CT molecular complexity index is 912. The van der Waals surface area contributed by atoms with E-state index in [0.717, 1.165) is 17.5 Å². The highest BCUT2D eigenvalue weighted by Crippen LogP contribution is 2.37. The van der Waals surface area contributed by atoms with E-state index in [9.17, 15) is 9.59 Å². The summed E-state index contributed by atoms with van der Waals surface area (Å²) in [5.41, 5.74) is 6.20. The quantitative estimate of drug-likeness (QED) is 0.772. The van der Waals surface area contributed by atoms with Crippen molar-refractivity contribution in [2.45, 2.75) is 25.8 Å². The minimum Gasteiger partial charge on any atom is -0.484 e. The average Bonchev–Trinajstić information content (AvgIpc) is 2.82. The summed E-state index contributed by atoms with van der Waals surface area (Å²) in [6.45, 7) is 5.09. The summed E-state index contributed by atoms with van der Waals surface area (Å²) in [5.74, 6) is 0.570. The molecule has 0 aliphatic carbocycles. The number of nitrogens with one attached hydrogen (secondary N) is 1. The number of rotatable bonds is 6. The van der Waals surface area contributed by atoms with Crippen LogP contribution in [0.2, 0.25) is 0 Å². The van der Waals surface area contributed by atoms with Gasteiger partial charge in [-0.05, 0) is 35.2 Å². The van der Waals surface area contributed by atoms with Crippen molar-refractivity contribution in [3.05, 3.63) is 65.2 Å².